The van der Waals surface area contributed by atoms with E-state index in [9.17, 15) is 9.50 Å². The van der Waals surface area contributed by atoms with E-state index in [0.29, 0.717) is 45.3 Å². The monoisotopic (exact) mass is 372 g/mol. The number of hydrogen-bond donors (Lipinski definition) is 1. The van der Waals surface area contributed by atoms with Gasteiger partial charge in [0.25, 0.3) is 0 Å². The Morgan fingerprint density at radius 3 is 2.43 bits per heavy atom. The van der Waals surface area contributed by atoms with Crippen LogP contribution in [-0.4, -0.2) is 18.3 Å². The zero-order valence-electron chi connectivity index (χ0n) is 10.8. The molecule has 1 aliphatic heterocycles. The Bertz CT molecular complexity index is 673. The predicted octanol–water partition coefficient (Wildman–Crippen LogP) is 4.09. The summed E-state index contributed by atoms with van der Waals surface area (Å²) in [5.74, 6) is 0.630. The Balaban J connectivity index is 2.02. The molecule has 110 valence electrons. The summed E-state index contributed by atoms with van der Waals surface area (Å²) in [6, 6.07) is 7.45. The number of ether oxygens (including phenoxy) is 2. The molecule has 1 aliphatic rings. The van der Waals surface area contributed by atoms with Gasteiger partial charge in [0.1, 0.15) is 25.1 Å². The number of rotatable bonds is 2. The van der Waals surface area contributed by atoms with E-state index in [1.54, 1.807) is 18.2 Å². The average Bonchev–Trinajstić information content (AvgIpc) is 2.44. The fraction of sp³-hybridized carbons (Fsp3) is 0.200. The molecule has 0 aliphatic carbocycles. The van der Waals surface area contributed by atoms with Gasteiger partial charge in [-0.1, -0.05) is 27.5 Å². The highest BCUT2D eigenvalue weighted by Gasteiger charge is 2.21. The average molecular weight is 374 g/mol. The lowest BCUT2D eigenvalue weighted by molar-refractivity contribution is 0.169. The summed E-state index contributed by atoms with van der Waals surface area (Å²) >= 11 is 9.39. The number of hydrogen-bond acceptors (Lipinski definition) is 3. The van der Waals surface area contributed by atoms with Crippen molar-refractivity contribution in [3.8, 4) is 11.5 Å². The molecule has 21 heavy (non-hydrogen) atoms. The van der Waals surface area contributed by atoms with Crippen LogP contribution in [0.1, 0.15) is 17.2 Å². The molecule has 0 saturated carbocycles. The van der Waals surface area contributed by atoms with Gasteiger partial charge in [-0.15, -0.1) is 0 Å². The summed E-state index contributed by atoms with van der Waals surface area (Å²) in [5.41, 5.74) is 0.846. The van der Waals surface area contributed by atoms with Crippen molar-refractivity contribution in [3.63, 3.8) is 0 Å². The van der Waals surface area contributed by atoms with Crippen molar-refractivity contribution in [3.05, 3.63) is 56.8 Å². The van der Waals surface area contributed by atoms with Crippen LogP contribution in [-0.2, 0) is 0 Å². The van der Waals surface area contributed by atoms with E-state index in [1.165, 1.54) is 12.1 Å². The summed E-state index contributed by atoms with van der Waals surface area (Å²) in [5, 5.41) is 10.8. The molecular weight excluding hydrogens is 363 g/mol. The van der Waals surface area contributed by atoms with E-state index in [0.717, 1.165) is 0 Å². The van der Waals surface area contributed by atoms with E-state index < -0.39 is 11.9 Å². The van der Waals surface area contributed by atoms with Crippen LogP contribution in [0.3, 0.4) is 0 Å². The second-order valence-corrected chi connectivity index (χ2v) is 5.95. The molecule has 0 aromatic heterocycles. The molecule has 0 bridgehead atoms. The van der Waals surface area contributed by atoms with Gasteiger partial charge in [0, 0.05) is 16.1 Å². The second-order valence-electron chi connectivity index (χ2n) is 4.62. The first-order valence-electron chi connectivity index (χ1n) is 6.27. The highest BCUT2D eigenvalue weighted by Crippen LogP contribution is 2.39. The highest BCUT2D eigenvalue weighted by atomic mass is 79.9. The van der Waals surface area contributed by atoms with Gasteiger partial charge in [0.05, 0.1) is 5.02 Å². The molecule has 1 N–H and O–H groups in total. The van der Waals surface area contributed by atoms with Crippen molar-refractivity contribution in [2.45, 2.75) is 6.10 Å². The SMILES string of the molecule is OC(c1cc(F)cc(Br)c1)c1cc2c(cc1Cl)OCCO2. The van der Waals surface area contributed by atoms with Gasteiger partial charge in [-0.05, 0) is 29.8 Å². The number of fused-ring (bicyclic) bond motifs is 1. The van der Waals surface area contributed by atoms with Gasteiger partial charge >= 0.3 is 0 Å². The van der Waals surface area contributed by atoms with Gasteiger partial charge in [0.2, 0.25) is 0 Å². The van der Waals surface area contributed by atoms with E-state index >= 15 is 0 Å². The van der Waals surface area contributed by atoms with Gasteiger partial charge in [-0.3, -0.25) is 0 Å². The summed E-state index contributed by atoms with van der Waals surface area (Å²) in [6.07, 6.45) is -1.06. The fourth-order valence-electron chi connectivity index (χ4n) is 2.20. The van der Waals surface area contributed by atoms with Crippen LogP contribution in [0.15, 0.2) is 34.8 Å². The summed E-state index contributed by atoms with van der Waals surface area (Å²) in [4.78, 5) is 0. The van der Waals surface area contributed by atoms with Crippen LogP contribution >= 0.6 is 27.5 Å². The van der Waals surface area contributed by atoms with Crippen LogP contribution in [0.2, 0.25) is 5.02 Å². The Morgan fingerprint density at radius 2 is 1.76 bits per heavy atom. The topological polar surface area (TPSA) is 38.7 Å². The molecule has 1 heterocycles. The molecule has 2 aromatic rings. The molecular formula is C15H11BrClFO3. The lowest BCUT2D eigenvalue weighted by Gasteiger charge is -2.21. The van der Waals surface area contributed by atoms with Crippen molar-refractivity contribution < 1.29 is 19.0 Å². The zero-order valence-corrected chi connectivity index (χ0v) is 13.1. The van der Waals surface area contributed by atoms with Crippen LogP contribution in [0.5, 0.6) is 11.5 Å². The standard InChI is InChI=1S/C15H11BrClFO3/c16-9-3-8(4-10(18)5-9)15(19)11-6-13-14(7-12(11)17)21-2-1-20-13/h3-7,15,19H,1-2H2. The maximum atomic E-state index is 13.5. The molecule has 3 nitrogen and oxygen atoms in total. The van der Waals surface area contributed by atoms with E-state index in [2.05, 4.69) is 15.9 Å². The fourth-order valence-corrected chi connectivity index (χ4v) is 2.94. The highest BCUT2D eigenvalue weighted by molar-refractivity contribution is 9.10. The summed E-state index contributed by atoms with van der Waals surface area (Å²) < 4.78 is 24.9. The van der Waals surface area contributed by atoms with Crippen molar-refractivity contribution in [2.24, 2.45) is 0 Å². The molecule has 1 atom stereocenters. The molecule has 1 unspecified atom stereocenters. The molecule has 0 radical (unpaired) electrons. The smallest absolute Gasteiger partial charge is 0.162 e. The molecule has 2 aromatic carbocycles. The minimum atomic E-state index is -1.06. The third kappa shape index (κ3) is 3.00. The van der Waals surface area contributed by atoms with Crippen molar-refractivity contribution in [1.29, 1.82) is 0 Å². The van der Waals surface area contributed by atoms with Crippen LogP contribution < -0.4 is 9.47 Å². The minimum Gasteiger partial charge on any atom is -0.486 e. The van der Waals surface area contributed by atoms with Crippen LogP contribution in [0, 0.1) is 5.82 Å². The third-order valence-electron chi connectivity index (χ3n) is 3.16. The maximum Gasteiger partial charge on any atom is 0.162 e. The zero-order chi connectivity index (χ0) is 15.0. The van der Waals surface area contributed by atoms with Gasteiger partial charge in [0.15, 0.2) is 11.5 Å². The predicted molar refractivity (Wildman–Crippen MR) is 80.6 cm³/mol. The van der Waals surface area contributed by atoms with Gasteiger partial charge in [-0.25, -0.2) is 4.39 Å². The molecule has 3 rings (SSSR count). The summed E-state index contributed by atoms with van der Waals surface area (Å²) in [6.45, 7) is 0.901. The Kier molecular flexibility index (Phi) is 4.06. The van der Waals surface area contributed by atoms with E-state index in [-0.39, 0.29) is 0 Å². The first kappa shape index (κ1) is 14.6. The molecule has 6 heteroatoms. The quantitative estimate of drug-likeness (QED) is 0.861. The first-order valence-corrected chi connectivity index (χ1v) is 7.45. The molecule has 0 fully saturated rings. The Morgan fingerprint density at radius 1 is 1.10 bits per heavy atom. The van der Waals surface area contributed by atoms with Crippen molar-refractivity contribution >= 4 is 27.5 Å². The third-order valence-corrected chi connectivity index (χ3v) is 3.94. The van der Waals surface area contributed by atoms with E-state index in [4.69, 9.17) is 21.1 Å². The van der Waals surface area contributed by atoms with Crippen LogP contribution in [0.25, 0.3) is 0 Å². The molecule has 0 saturated heterocycles. The van der Waals surface area contributed by atoms with E-state index in [1.807, 2.05) is 0 Å². The van der Waals surface area contributed by atoms with Crippen molar-refractivity contribution in [1.82, 2.24) is 0 Å². The molecule has 0 amide bonds. The lowest BCUT2D eigenvalue weighted by atomic mass is 10.0. The van der Waals surface area contributed by atoms with Crippen LogP contribution in [0.4, 0.5) is 4.39 Å². The minimum absolute atomic E-state index is 0.340. The number of aliphatic hydroxyl groups excluding tert-OH is 1. The Labute approximate surface area is 134 Å². The Hall–Kier alpha value is -1.30. The number of aliphatic hydroxyl groups is 1. The normalized spacial score (nSPS) is 14.9. The maximum absolute atomic E-state index is 13.5. The largest absolute Gasteiger partial charge is 0.486 e. The first-order chi connectivity index (χ1) is 10.0. The molecule has 0 spiro atoms. The van der Waals surface area contributed by atoms with Gasteiger partial charge in [-0.2, -0.15) is 0 Å². The van der Waals surface area contributed by atoms with Crippen molar-refractivity contribution in [2.75, 3.05) is 13.2 Å². The number of benzene rings is 2. The second kappa shape index (κ2) is 5.83. The lowest BCUT2D eigenvalue weighted by Crippen LogP contribution is -2.16. The summed E-state index contributed by atoms with van der Waals surface area (Å²) in [7, 11) is 0. The number of halogens is 3. The van der Waals surface area contributed by atoms with Gasteiger partial charge < -0.3 is 14.6 Å².